The van der Waals surface area contributed by atoms with Crippen molar-refractivity contribution in [2.75, 3.05) is 11.1 Å². The number of carbonyl (C=O) groups is 1. The van der Waals surface area contributed by atoms with Crippen molar-refractivity contribution in [3.8, 4) is 11.4 Å². The number of amides is 1. The average molecular weight is 422 g/mol. The second-order valence-corrected chi connectivity index (χ2v) is 8.54. The Labute approximate surface area is 181 Å². The summed E-state index contributed by atoms with van der Waals surface area (Å²) in [4.78, 5) is 16.7. The summed E-state index contributed by atoms with van der Waals surface area (Å²) in [7, 11) is 0. The van der Waals surface area contributed by atoms with Gasteiger partial charge in [0.05, 0.1) is 5.75 Å². The van der Waals surface area contributed by atoms with Gasteiger partial charge in [-0.05, 0) is 49.1 Å². The van der Waals surface area contributed by atoms with Gasteiger partial charge < -0.3 is 5.32 Å². The number of aryl methyl sites for hydroxylation is 1. The van der Waals surface area contributed by atoms with Gasteiger partial charge in [-0.1, -0.05) is 50.1 Å². The third kappa shape index (κ3) is 4.90. The molecule has 156 valence electrons. The molecule has 1 N–H and O–H groups in total. The van der Waals surface area contributed by atoms with Crippen molar-refractivity contribution >= 4 is 23.4 Å². The number of nitrogens with one attached hydrogen (secondary N) is 1. The molecule has 0 spiro atoms. The number of carbonyl (C=O) groups excluding carboxylic acids is 1. The van der Waals surface area contributed by atoms with Gasteiger partial charge in [0.1, 0.15) is 0 Å². The first kappa shape index (κ1) is 20.6. The molecule has 1 fully saturated rings. The van der Waals surface area contributed by atoms with Crippen molar-refractivity contribution in [1.82, 2.24) is 19.7 Å². The number of aromatic nitrogens is 4. The lowest BCUT2D eigenvalue weighted by atomic mass is 9.95. The summed E-state index contributed by atoms with van der Waals surface area (Å²) in [5, 5.41) is 12.7. The Kier molecular flexibility index (Phi) is 6.79. The van der Waals surface area contributed by atoms with Gasteiger partial charge in [-0.25, -0.2) is 0 Å². The number of hydrogen-bond acceptors (Lipinski definition) is 5. The van der Waals surface area contributed by atoms with Crippen LogP contribution in [-0.4, -0.2) is 31.4 Å². The summed E-state index contributed by atoms with van der Waals surface area (Å²) >= 11 is 1.45. The molecule has 0 unspecified atom stereocenters. The van der Waals surface area contributed by atoms with E-state index in [9.17, 15) is 4.79 Å². The monoisotopic (exact) mass is 421 g/mol. The van der Waals surface area contributed by atoms with Crippen LogP contribution in [0.4, 0.5) is 5.69 Å². The first-order valence-electron chi connectivity index (χ1n) is 10.6. The Hall–Kier alpha value is -2.67. The van der Waals surface area contributed by atoms with Crippen LogP contribution in [0.3, 0.4) is 0 Å². The Balaban J connectivity index is 1.49. The first-order valence-corrected chi connectivity index (χ1v) is 11.6. The van der Waals surface area contributed by atoms with Gasteiger partial charge in [-0.15, -0.1) is 10.2 Å². The van der Waals surface area contributed by atoms with E-state index in [-0.39, 0.29) is 5.91 Å². The van der Waals surface area contributed by atoms with E-state index in [0.717, 1.165) is 41.5 Å². The predicted octanol–water partition coefficient (Wildman–Crippen LogP) is 5.14. The van der Waals surface area contributed by atoms with Crippen LogP contribution < -0.4 is 5.32 Å². The van der Waals surface area contributed by atoms with Crippen LogP contribution in [0.15, 0.2) is 53.9 Å². The van der Waals surface area contributed by atoms with E-state index >= 15 is 0 Å². The topological polar surface area (TPSA) is 72.7 Å². The Bertz CT molecular complexity index is 965. The summed E-state index contributed by atoms with van der Waals surface area (Å²) in [6.07, 6.45) is 10.5. The molecule has 1 aromatic carbocycles. The minimum Gasteiger partial charge on any atom is -0.325 e. The number of hydrogen-bond donors (Lipinski definition) is 1. The second-order valence-electron chi connectivity index (χ2n) is 7.60. The Morgan fingerprint density at radius 1 is 1.13 bits per heavy atom. The number of benzene rings is 1. The molecular formula is C23H27N5OS. The smallest absolute Gasteiger partial charge is 0.234 e. The van der Waals surface area contributed by atoms with Crippen molar-refractivity contribution < 1.29 is 4.79 Å². The van der Waals surface area contributed by atoms with Gasteiger partial charge in [0.15, 0.2) is 11.0 Å². The summed E-state index contributed by atoms with van der Waals surface area (Å²) in [6.45, 7) is 2.12. The molecule has 30 heavy (non-hydrogen) atoms. The highest BCUT2D eigenvalue weighted by atomic mass is 32.2. The van der Waals surface area contributed by atoms with Gasteiger partial charge in [-0.2, -0.15) is 0 Å². The molecule has 2 heterocycles. The summed E-state index contributed by atoms with van der Waals surface area (Å²) < 4.78 is 2.23. The van der Waals surface area contributed by atoms with Gasteiger partial charge in [0, 0.05) is 29.7 Å². The summed E-state index contributed by atoms with van der Waals surface area (Å²) in [5.41, 5.74) is 3.04. The lowest BCUT2D eigenvalue weighted by Gasteiger charge is -2.25. The van der Waals surface area contributed by atoms with E-state index < -0.39 is 0 Å². The number of pyridine rings is 1. The molecule has 0 atom stereocenters. The van der Waals surface area contributed by atoms with Crippen LogP contribution in [-0.2, 0) is 11.2 Å². The largest absolute Gasteiger partial charge is 0.325 e. The molecule has 6 nitrogen and oxygen atoms in total. The van der Waals surface area contributed by atoms with E-state index in [1.165, 1.54) is 36.6 Å². The predicted molar refractivity (Wildman–Crippen MR) is 121 cm³/mol. The maximum absolute atomic E-state index is 12.5. The van der Waals surface area contributed by atoms with Gasteiger partial charge in [0.2, 0.25) is 5.91 Å². The van der Waals surface area contributed by atoms with Crippen LogP contribution in [0.2, 0.25) is 0 Å². The molecule has 7 heteroatoms. The van der Waals surface area contributed by atoms with Crippen LogP contribution >= 0.6 is 11.8 Å². The standard InChI is InChI=1S/C23H27N5OS/c1-2-17-10-12-19(13-11-17)25-21(29)16-30-23-27-26-22(18-7-6-14-24-15-18)28(23)20-8-4-3-5-9-20/h6-7,10-15,20H,2-5,8-9,16H2,1H3,(H,25,29). The fraction of sp³-hybridized carbons (Fsp3) is 0.391. The minimum absolute atomic E-state index is 0.0367. The molecule has 3 aromatic rings. The van der Waals surface area contributed by atoms with E-state index in [4.69, 9.17) is 0 Å². The molecule has 0 saturated heterocycles. The van der Waals surface area contributed by atoms with Gasteiger partial charge in [-0.3, -0.25) is 14.3 Å². The van der Waals surface area contributed by atoms with Crippen LogP contribution in [0, 0.1) is 0 Å². The number of anilines is 1. The normalized spacial score (nSPS) is 14.6. The zero-order valence-corrected chi connectivity index (χ0v) is 18.1. The number of nitrogens with zero attached hydrogens (tertiary/aromatic N) is 4. The van der Waals surface area contributed by atoms with Gasteiger partial charge >= 0.3 is 0 Å². The van der Waals surface area contributed by atoms with E-state index in [2.05, 4.69) is 32.0 Å². The number of rotatable bonds is 7. The van der Waals surface area contributed by atoms with E-state index in [1.807, 2.05) is 42.6 Å². The van der Waals surface area contributed by atoms with Crippen molar-refractivity contribution in [3.63, 3.8) is 0 Å². The highest BCUT2D eigenvalue weighted by molar-refractivity contribution is 7.99. The summed E-state index contributed by atoms with van der Waals surface area (Å²) in [5.74, 6) is 1.10. The third-order valence-corrected chi connectivity index (χ3v) is 6.45. The van der Waals surface area contributed by atoms with Crippen LogP contribution in [0.1, 0.15) is 50.6 Å². The Morgan fingerprint density at radius 2 is 1.93 bits per heavy atom. The summed E-state index contributed by atoms with van der Waals surface area (Å²) in [6, 6.07) is 12.3. The molecule has 1 aliphatic rings. The minimum atomic E-state index is -0.0367. The maximum atomic E-state index is 12.5. The van der Waals surface area contributed by atoms with Crippen molar-refractivity contribution in [3.05, 3.63) is 54.4 Å². The van der Waals surface area contributed by atoms with E-state index in [1.54, 1.807) is 6.20 Å². The molecule has 0 radical (unpaired) electrons. The number of thioether (sulfide) groups is 1. The van der Waals surface area contributed by atoms with Gasteiger partial charge in [0.25, 0.3) is 0 Å². The molecule has 1 amide bonds. The zero-order valence-electron chi connectivity index (χ0n) is 17.3. The molecule has 1 aliphatic carbocycles. The highest BCUT2D eigenvalue weighted by Crippen LogP contribution is 2.35. The molecule has 1 saturated carbocycles. The van der Waals surface area contributed by atoms with Crippen molar-refractivity contribution in [2.45, 2.75) is 56.6 Å². The van der Waals surface area contributed by atoms with Crippen LogP contribution in [0.25, 0.3) is 11.4 Å². The lowest BCUT2D eigenvalue weighted by molar-refractivity contribution is -0.113. The second kappa shape index (κ2) is 9.89. The zero-order chi connectivity index (χ0) is 20.8. The van der Waals surface area contributed by atoms with Crippen molar-refractivity contribution in [2.24, 2.45) is 0 Å². The third-order valence-electron chi connectivity index (χ3n) is 5.50. The molecular weight excluding hydrogens is 394 g/mol. The maximum Gasteiger partial charge on any atom is 0.234 e. The molecule has 2 aromatic heterocycles. The molecule has 0 aliphatic heterocycles. The quantitative estimate of drug-likeness (QED) is 0.535. The first-order chi connectivity index (χ1) is 14.7. The fourth-order valence-corrected chi connectivity index (χ4v) is 4.69. The van der Waals surface area contributed by atoms with E-state index in [0.29, 0.717) is 11.8 Å². The van der Waals surface area contributed by atoms with Crippen molar-refractivity contribution in [1.29, 1.82) is 0 Å². The SMILES string of the molecule is CCc1ccc(NC(=O)CSc2nnc(-c3cccnc3)n2C2CCCCC2)cc1. The van der Waals surface area contributed by atoms with Crippen LogP contribution in [0.5, 0.6) is 0 Å². The molecule has 4 rings (SSSR count). The Morgan fingerprint density at radius 3 is 2.63 bits per heavy atom. The lowest BCUT2D eigenvalue weighted by Crippen LogP contribution is -2.17. The highest BCUT2D eigenvalue weighted by Gasteiger charge is 2.24. The molecule has 0 bridgehead atoms. The average Bonchev–Trinajstić information content (AvgIpc) is 3.23. The fourth-order valence-electron chi connectivity index (χ4n) is 3.89.